The second-order valence-corrected chi connectivity index (χ2v) is 5.33. The van der Waals surface area contributed by atoms with Crippen molar-refractivity contribution in [1.29, 1.82) is 0 Å². The number of anilines is 1. The minimum atomic E-state index is 0.102. The Labute approximate surface area is 122 Å². The van der Waals surface area contributed by atoms with Crippen LogP contribution in [0.1, 0.15) is 32.3 Å². The second-order valence-electron chi connectivity index (χ2n) is 5.33. The molecule has 0 saturated carbocycles. The molecule has 0 aliphatic carbocycles. The highest BCUT2D eigenvalue weighted by atomic mass is 16.1. The van der Waals surface area contributed by atoms with Crippen molar-refractivity contribution in [2.45, 2.75) is 39.2 Å². The first-order valence-electron chi connectivity index (χ1n) is 7.34. The van der Waals surface area contributed by atoms with Gasteiger partial charge in [0.05, 0.1) is 0 Å². The van der Waals surface area contributed by atoms with E-state index in [2.05, 4.69) is 31.1 Å². The lowest BCUT2D eigenvalue weighted by Crippen LogP contribution is -2.37. The molecule has 1 amide bonds. The quantitative estimate of drug-likeness (QED) is 0.715. The van der Waals surface area contributed by atoms with Crippen LogP contribution in [0.2, 0.25) is 0 Å². The maximum absolute atomic E-state index is 11.8. The van der Waals surface area contributed by atoms with Crippen molar-refractivity contribution in [3.63, 3.8) is 0 Å². The van der Waals surface area contributed by atoms with Crippen LogP contribution in [0.25, 0.3) is 0 Å². The number of carbonyl (C=O) groups excluding carboxylic acids is 1. The number of amides is 1. The first-order chi connectivity index (χ1) is 9.52. The van der Waals surface area contributed by atoms with Crippen LogP contribution in [0, 0.1) is 0 Å². The second kappa shape index (κ2) is 8.59. The SMILES string of the molecule is CCC(C)N(C)CCNC(=O)CCc1cccc(N)c1. The number of benzene rings is 1. The fourth-order valence-corrected chi connectivity index (χ4v) is 2.00. The van der Waals surface area contributed by atoms with Gasteiger partial charge in [0, 0.05) is 31.2 Å². The molecule has 1 unspecified atom stereocenters. The highest BCUT2D eigenvalue weighted by Crippen LogP contribution is 2.08. The average Bonchev–Trinajstić information content (AvgIpc) is 2.44. The van der Waals surface area contributed by atoms with Gasteiger partial charge in [-0.05, 0) is 44.5 Å². The fraction of sp³-hybridized carbons (Fsp3) is 0.562. The van der Waals surface area contributed by atoms with E-state index in [0.717, 1.165) is 30.6 Å². The molecule has 0 fully saturated rings. The van der Waals surface area contributed by atoms with Gasteiger partial charge in [0.1, 0.15) is 0 Å². The van der Waals surface area contributed by atoms with Gasteiger partial charge in [-0.15, -0.1) is 0 Å². The predicted molar refractivity (Wildman–Crippen MR) is 84.6 cm³/mol. The Morgan fingerprint density at radius 1 is 1.45 bits per heavy atom. The number of hydrogen-bond acceptors (Lipinski definition) is 3. The summed E-state index contributed by atoms with van der Waals surface area (Å²) in [7, 11) is 2.09. The standard InChI is InChI=1S/C16H27N3O/c1-4-13(2)19(3)11-10-18-16(20)9-8-14-6-5-7-15(17)12-14/h5-7,12-13H,4,8-11,17H2,1-3H3,(H,18,20). The largest absolute Gasteiger partial charge is 0.399 e. The maximum Gasteiger partial charge on any atom is 0.220 e. The smallest absolute Gasteiger partial charge is 0.220 e. The van der Waals surface area contributed by atoms with Crippen molar-refractivity contribution in [1.82, 2.24) is 10.2 Å². The molecule has 1 rings (SSSR count). The number of nitrogens with one attached hydrogen (secondary N) is 1. The molecule has 0 bridgehead atoms. The molecule has 0 saturated heterocycles. The van der Waals surface area contributed by atoms with Crippen LogP contribution < -0.4 is 11.1 Å². The normalized spacial score (nSPS) is 12.4. The van der Waals surface area contributed by atoms with Gasteiger partial charge in [0.15, 0.2) is 0 Å². The number of carbonyl (C=O) groups is 1. The summed E-state index contributed by atoms with van der Waals surface area (Å²) in [6, 6.07) is 8.25. The molecular weight excluding hydrogens is 250 g/mol. The summed E-state index contributed by atoms with van der Waals surface area (Å²) >= 11 is 0. The lowest BCUT2D eigenvalue weighted by Gasteiger charge is -2.23. The molecule has 112 valence electrons. The maximum atomic E-state index is 11.8. The topological polar surface area (TPSA) is 58.4 Å². The van der Waals surface area contributed by atoms with Gasteiger partial charge in [-0.1, -0.05) is 19.1 Å². The molecule has 0 aromatic heterocycles. The van der Waals surface area contributed by atoms with Crippen LogP contribution in [-0.2, 0) is 11.2 Å². The Morgan fingerprint density at radius 2 is 2.20 bits per heavy atom. The Morgan fingerprint density at radius 3 is 2.85 bits per heavy atom. The number of rotatable bonds is 8. The van der Waals surface area contributed by atoms with Crippen LogP contribution in [0.4, 0.5) is 5.69 Å². The molecule has 0 aliphatic heterocycles. The minimum absolute atomic E-state index is 0.102. The molecule has 1 aromatic rings. The number of aryl methyl sites for hydroxylation is 1. The van der Waals surface area contributed by atoms with Gasteiger partial charge in [0.2, 0.25) is 5.91 Å². The summed E-state index contributed by atoms with van der Waals surface area (Å²) < 4.78 is 0. The van der Waals surface area contributed by atoms with E-state index < -0.39 is 0 Å². The van der Waals surface area contributed by atoms with E-state index in [1.807, 2.05) is 24.3 Å². The van der Waals surface area contributed by atoms with Gasteiger partial charge in [-0.3, -0.25) is 4.79 Å². The number of nitrogen functional groups attached to an aromatic ring is 1. The zero-order valence-electron chi connectivity index (χ0n) is 12.9. The third kappa shape index (κ3) is 6.06. The van der Waals surface area contributed by atoms with Crippen molar-refractivity contribution in [2.24, 2.45) is 0 Å². The van der Waals surface area contributed by atoms with Crippen LogP contribution in [0.5, 0.6) is 0 Å². The number of likely N-dealkylation sites (N-methyl/N-ethyl adjacent to an activating group) is 1. The van der Waals surface area contributed by atoms with E-state index in [-0.39, 0.29) is 5.91 Å². The number of hydrogen-bond donors (Lipinski definition) is 2. The van der Waals surface area contributed by atoms with E-state index in [4.69, 9.17) is 5.73 Å². The van der Waals surface area contributed by atoms with Crippen molar-refractivity contribution in [3.8, 4) is 0 Å². The molecule has 0 heterocycles. The Bertz CT molecular complexity index is 420. The Hall–Kier alpha value is -1.55. The minimum Gasteiger partial charge on any atom is -0.399 e. The molecule has 0 aliphatic rings. The zero-order chi connectivity index (χ0) is 15.0. The van der Waals surface area contributed by atoms with E-state index in [0.29, 0.717) is 19.0 Å². The number of nitrogens with two attached hydrogens (primary N) is 1. The van der Waals surface area contributed by atoms with Gasteiger partial charge >= 0.3 is 0 Å². The van der Waals surface area contributed by atoms with Gasteiger partial charge in [-0.25, -0.2) is 0 Å². The van der Waals surface area contributed by atoms with Crippen LogP contribution in [0.3, 0.4) is 0 Å². The first kappa shape index (κ1) is 16.5. The lowest BCUT2D eigenvalue weighted by molar-refractivity contribution is -0.121. The molecule has 1 atom stereocenters. The lowest BCUT2D eigenvalue weighted by atomic mass is 10.1. The molecule has 4 heteroatoms. The van der Waals surface area contributed by atoms with E-state index >= 15 is 0 Å². The molecule has 3 N–H and O–H groups in total. The van der Waals surface area contributed by atoms with Crippen molar-refractivity contribution in [2.75, 3.05) is 25.9 Å². The third-order valence-electron chi connectivity index (χ3n) is 3.72. The highest BCUT2D eigenvalue weighted by molar-refractivity contribution is 5.76. The molecule has 0 spiro atoms. The molecular formula is C16H27N3O. The number of nitrogens with zero attached hydrogens (tertiary/aromatic N) is 1. The zero-order valence-corrected chi connectivity index (χ0v) is 12.9. The van der Waals surface area contributed by atoms with Gasteiger partial charge < -0.3 is 16.0 Å². The highest BCUT2D eigenvalue weighted by Gasteiger charge is 2.07. The van der Waals surface area contributed by atoms with Crippen LogP contribution in [-0.4, -0.2) is 37.0 Å². The van der Waals surface area contributed by atoms with Gasteiger partial charge in [0.25, 0.3) is 0 Å². The van der Waals surface area contributed by atoms with Gasteiger partial charge in [-0.2, -0.15) is 0 Å². The fourth-order valence-electron chi connectivity index (χ4n) is 2.00. The summed E-state index contributed by atoms with van der Waals surface area (Å²) in [4.78, 5) is 14.0. The average molecular weight is 277 g/mol. The van der Waals surface area contributed by atoms with Crippen molar-refractivity contribution in [3.05, 3.63) is 29.8 Å². The molecule has 1 aromatic carbocycles. The predicted octanol–water partition coefficient (Wildman–Crippen LogP) is 2.05. The summed E-state index contributed by atoms with van der Waals surface area (Å²) in [5, 5.41) is 2.97. The van der Waals surface area contributed by atoms with E-state index in [9.17, 15) is 4.79 Å². The van der Waals surface area contributed by atoms with Crippen LogP contribution >= 0.6 is 0 Å². The molecule has 20 heavy (non-hydrogen) atoms. The third-order valence-corrected chi connectivity index (χ3v) is 3.72. The summed E-state index contributed by atoms with van der Waals surface area (Å²) in [6.07, 6.45) is 2.37. The van der Waals surface area contributed by atoms with Crippen molar-refractivity contribution >= 4 is 11.6 Å². The summed E-state index contributed by atoms with van der Waals surface area (Å²) in [5.41, 5.74) is 7.57. The van der Waals surface area contributed by atoms with E-state index in [1.165, 1.54) is 0 Å². The summed E-state index contributed by atoms with van der Waals surface area (Å²) in [5.74, 6) is 0.102. The Balaban J connectivity index is 2.21. The van der Waals surface area contributed by atoms with Crippen molar-refractivity contribution < 1.29 is 4.79 Å². The Kier molecular flexibility index (Phi) is 7.09. The first-order valence-corrected chi connectivity index (χ1v) is 7.34. The molecule has 0 radical (unpaired) electrons. The molecule has 4 nitrogen and oxygen atoms in total. The van der Waals surface area contributed by atoms with E-state index in [1.54, 1.807) is 0 Å². The monoisotopic (exact) mass is 277 g/mol. The summed E-state index contributed by atoms with van der Waals surface area (Å²) in [6.45, 7) is 5.96. The van der Waals surface area contributed by atoms with Crippen LogP contribution in [0.15, 0.2) is 24.3 Å².